The Morgan fingerprint density at radius 3 is 1.80 bits per heavy atom. The van der Waals surface area contributed by atoms with Crippen molar-refractivity contribution < 1.29 is 38.1 Å². The lowest BCUT2D eigenvalue weighted by atomic mass is 9.92. The van der Waals surface area contributed by atoms with Crippen LogP contribution >= 0.6 is 11.6 Å². The van der Waals surface area contributed by atoms with Crippen LogP contribution in [0.3, 0.4) is 0 Å². The molecule has 0 bridgehead atoms. The highest BCUT2D eigenvalue weighted by atomic mass is 35.5. The van der Waals surface area contributed by atoms with E-state index in [9.17, 15) is 19.2 Å². The maximum absolute atomic E-state index is 13.3. The van der Waals surface area contributed by atoms with Gasteiger partial charge in [-0.3, -0.25) is 19.2 Å². The number of carbonyl (C=O) groups is 4. The molecule has 5 atom stereocenters. The maximum atomic E-state index is 13.3. The molecule has 1 aromatic carbocycles. The molecule has 0 saturated carbocycles. The summed E-state index contributed by atoms with van der Waals surface area (Å²) in [6, 6.07) is 6.60. The number of hydrogen-bond donors (Lipinski definition) is 0. The molecule has 41 heavy (non-hydrogen) atoms. The molecule has 2 aliphatic heterocycles. The molecule has 1 fully saturated rings. The predicted octanol–water partition coefficient (Wildman–Crippen LogP) is 5.40. The van der Waals surface area contributed by atoms with Gasteiger partial charge in [0.1, 0.15) is 0 Å². The number of hydrogen-bond acceptors (Lipinski definition) is 9. The molecule has 1 aromatic rings. The third-order valence-corrected chi connectivity index (χ3v) is 6.97. The van der Waals surface area contributed by atoms with E-state index >= 15 is 0 Å². The van der Waals surface area contributed by atoms with Crippen LogP contribution in [0.1, 0.15) is 80.3 Å². The van der Waals surface area contributed by atoms with Crippen LogP contribution in [0.15, 0.2) is 36.5 Å². The summed E-state index contributed by atoms with van der Waals surface area (Å²) in [6.07, 6.45) is -1.26. The molecule has 0 N–H and O–H groups in total. The van der Waals surface area contributed by atoms with E-state index in [0.29, 0.717) is 5.02 Å². The molecule has 10 heteroatoms. The molecule has 0 unspecified atom stereocenters. The lowest BCUT2D eigenvalue weighted by molar-refractivity contribution is -0.256. The number of halogens is 1. The Labute approximate surface area is 247 Å². The third kappa shape index (κ3) is 8.10. The Morgan fingerprint density at radius 1 is 0.805 bits per heavy atom. The second-order valence-corrected chi connectivity index (χ2v) is 14.1. The van der Waals surface area contributed by atoms with Crippen LogP contribution in [0.5, 0.6) is 0 Å². The van der Waals surface area contributed by atoms with E-state index in [1.807, 2.05) is 12.1 Å². The van der Waals surface area contributed by atoms with Gasteiger partial charge in [0.2, 0.25) is 0 Å². The summed E-state index contributed by atoms with van der Waals surface area (Å²) in [4.78, 5) is 53.7. The fraction of sp³-hybridized carbons (Fsp3) is 0.613. The minimum Gasteiger partial charge on any atom is -0.455 e. The standard InChI is InChI=1S/C31H42ClNO8/c1-29(2,3)26(35)39-22-17-38-25(33-15-14-20(34)16-21(33)18-10-12-19(32)13-11-18)24(41-28(37)31(7,8)9)23(22)40-27(36)30(4,5)6/h10-15,21-25H,16-17H2,1-9H3/t21-,22-,23-,24+,25+/m1/s1. The number of carbonyl (C=O) groups excluding carboxylic acids is 4. The summed E-state index contributed by atoms with van der Waals surface area (Å²) in [5.41, 5.74) is -1.85. The quantitative estimate of drug-likeness (QED) is 0.328. The Balaban J connectivity index is 2.11. The number of ketones is 1. The summed E-state index contributed by atoms with van der Waals surface area (Å²) in [7, 11) is 0. The zero-order valence-corrected chi connectivity index (χ0v) is 26.1. The lowest BCUT2D eigenvalue weighted by Crippen LogP contribution is -2.63. The van der Waals surface area contributed by atoms with E-state index in [4.69, 9.17) is 30.5 Å². The van der Waals surface area contributed by atoms with Crippen LogP contribution in [0.4, 0.5) is 0 Å². The lowest BCUT2D eigenvalue weighted by Gasteiger charge is -2.48. The van der Waals surface area contributed by atoms with Crippen molar-refractivity contribution in [2.75, 3.05) is 6.61 Å². The van der Waals surface area contributed by atoms with Gasteiger partial charge < -0.3 is 23.8 Å². The summed E-state index contributed by atoms with van der Waals surface area (Å²) in [5, 5.41) is 0.543. The number of ether oxygens (including phenoxy) is 4. The topological polar surface area (TPSA) is 108 Å². The van der Waals surface area contributed by atoms with Gasteiger partial charge in [-0.05, 0) is 86.1 Å². The van der Waals surface area contributed by atoms with Crippen molar-refractivity contribution in [3.63, 3.8) is 0 Å². The fourth-order valence-corrected chi connectivity index (χ4v) is 4.30. The van der Waals surface area contributed by atoms with E-state index in [-0.39, 0.29) is 18.8 Å². The highest BCUT2D eigenvalue weighted by molar-refractivity contribution is 6.30. The van der Waals surface area contributed by atoms with Crippen molar-refractivity contribution in [2.45, 2.75) is 99.3 Å². The smallest absolute Gasteiger partial charge is 0.311 e. The van der Waals surface area contributed by atoms with Gasteiger partial charge in [-0.2, -0.15) is 0 Å². The largest absolute Gasteiger partial charge is 0.455 e. The van der Waals surface area contributed by atoms with Crippen LogP contribution < -0.4 is 0 Å². The van der Waals surface area contributed by atoms with E-state index in [1.54, 1.807) is 85.5 Å². The number of nitrogens with zero attached hydrogens (tertiary/aromatic N) is 1. The van der Waals surface area contributed by atoms with E-state index in [1.165, 1.54) is 6.08 Å². The second-order valence-electron chi connectivity index (χ2n) is 13.7. The summed E-state index contributed by atoms with van der Waals surface area (Å²) in [6.45, 7) is 15.2. The Hall–Kier alpha value is -2.91. The zero-order chi connectivity index (χ0) is 30.9. The number of allylic oxidation sites excluding steroid dienone is 1. The average Bonchev–Trinajstić information content (AvgIpc) is 2.84. The maximum Gasteiger partial charge on any atom is 0.311 e. The first-order valence-corrected chi connectivity index (χ1v) is 14.2. The molecular formula is C31H42ClNO8. The molecule has 226 valence electrons. The monoisotopic (exact) mass is 591 g/mol. The average molecular weight is 592 g/mol. The Bertz CT molecular complexity index is 1170. The fourth-order valence-electron chi connectivity index (χ4n) is 4.17. The van der Waals surface area contributed by atoms with Gasteiger partial charge in [-0.15, -0.1) is 0 Å². The van der Waals surface area contributed by atoms with Gasteiger partial charge in [0.05, 0.1) is 28.9 Å². The molecule has 0 spiro atoms. The van der Waals surface area contributed by atoms with Gasteiger partial charge in [0.15, 0.2) is 30.3 Å². The molecule has 0 aromatic heterocycles. The van der Waals surface area contributed by atoms with E-state index < -0.39 is 64.7 Å². The van der Waals surface area contributed by atoms with Gasteiger partial charge in [0.25, 0.3) is 0 Å². The normalized spacial score (nSPS) is 25.5. The minimum absolute atomic E-state index is 0.0899. The minimum atomic E-state index is -1.20. The molecule has 0 amide bonds. The summed E-state index contributed by atoms with van der Waals surface area (Å²) in [5.74, 6) is -1.73. The van der Waals surface area contributed by atoms with E-state index in [0.717, 1.165) is 5.56 Å². The molecule has 9 nitrogen and oxygen atoms in total. The molecular weight excluding hydrogens is 550 g/mol. The zero-order valence-electron chi connectivity index (χ0n) is 25.4. The van der Waals surface area contributed by atoms with Crippen molar-refractivity contribution in [1.82, 2.24) is 4.90 Å². The van der Waals surface area contributed by atoms with Gasteiger partial charge in [0, 0.05) is 17.6 Å². The predicted molar refractivity (Wildman–Crippen MR) is 153 cm³/mol. The van der Waals surface area contributed by atoms with Crippen molar-refractivity contribution in [1.29, 1.82) is 0 Å². The van der Waals surface area contributed by atoms with Crippen LogP contribution in [0.25, 0.3) is 0 Å². The number of esters is 3. The van der Waals surface area contributed by atoms with Crippen LogP contribution in [-0.4, -0.2) is 59.7 Å². The highest BCUT2D eigenvalue weighted by Gasteiger charge is 2.52. The number of benzene rings is 1. The van der Waals surface area contributed by atoms with Crippen LogP contribution in [0.2, 0.25) is 5.02 Å². The van der Waals surface area contributed by atoms with Crippen LogP contribution in [0, 0.1) is 16.2 Å². The third-order valence-electron chi connectivity index (χ3n) is 6.72. The number of rotatable bonds is 5. The first kappa shape index (κ1) is 32.6. The first-order valence-electron chi connectivity index (χ1n) is 13.8. The SMILES string of the molecule is CC(C)(C)C(=O)O[C@H]1[C@H](OC(=O)C(C)(C)C)[C@@H](N2C=CC(=O)C[C@@H]2c2ccc(Cl)cc2)OC[C@H]1OC(=O)C(C)(C)C. The molecule has 0 radical (unpaired) electrons. The van der Waals surface area contributed by atoms with Crippen molar-refractivity contribution in [2.24, 2.45) is 16.2 Å². The van der Waals surface area contributed by atoms with Gasteiger partial charge in [-0.1, -0.05) is 23.7 Å². The van der Waals surface area contributed by atoms with E-state index in [2.05, 4.69) is 0 Å². The van der Waals surface area contributed by atoms with Crippen molar-refractivity contribution in [3.05, 3.63) is 47.1 Å². The van der Waals surface area contributed by atoms with Crippen LogP contribution in [-0.2, 0) is 38.1 Å². The molecule has 2 aliphatic rings. The first-order chi connectivity index (χ1) is 18.8. The Kier molecular flexibility index (Phi) is 9.65. The highest BCUT2D eigenvalue weighted by Crippen LogP contribution is 2.38. The molecule has 3 rings (SSSR count). The molecule has 2 heterocycles. The molecule has 1 saturated heterocycles. The summed E-state index contributed by atoms with van der Waals surface area (Å²) < 4.78 is 24.1. The second kappa shape index (κ2) is 12.1. The van der Waals surface area contributed by atoms with Gasteiger partial charge in [-0.25, -0.2) is 0 Å². The van der Waals surface area contributed by atoms with Crippen molar-refractivity contribution in [3.8, 4) is 0 Å². The Morgan fingerprint density at radius 2 is 1.29 bits per heavy atom. The van der Waals surface area contributed by atoms with Gasteiger partial charge >= 0.3 is 17.9 Å². The van der Waals surface area contributed by atoms with Crippen molar-refractivity contribution >= 4 is 35.3 Å². The molecule has 0 aliphatic carbocycles. The summed E-state index contributed by atoms with van der Waals surface area (Å²) >= 11 is 6.11.